The third-order valence-corrected chi connectivity index (χ3v) is 6.55. The summed E-state index contributed by atoms with van der Waals surface area (Å²) in [7, 11) is 0. The molecule has 0 atom stereocenters. The van der Waals surface area contributed by atoms with Crippen LogP contribution in [-0.4, -0.2) is 53.5 Å². The topological polar surface area (TPSA) is 61.4 Å². The molecule has 1 saturated heterocycles. The molecule has 1 amide bonds. The first-order valence-electron chi connectivity index (χ1n) is 11.8. The van der Waals surface area contributed by atoms with E-state index in [1.54, 1.807) is 12.4 Å². The number of amides is 1. The fraction of sp³-hybridized carbons (Fsp3) is 0.250. The van der Waals surface area contributed by atoms with E-state index in [1.807, 2.05) is 48.5 Å². The second-order valence-corrected chi connectivity index (χ2v) is 8.68. The Hall–Kier alpha value is -3.77. The molecule has 34 heavy (non-hydrogen) atoms. The van der Waals surface area contributed by atoms with Gasteiger partial charge in [0.2, 0.25) is 0 Å². The number of pyridine rings is 2. The van der Waals surface area contributed by atoms with Crippen molar-refractivity contribution in [1.82, 2.24) is 14.9 Å². The minimum atomic E-state index is -0.141. The third kappa shape index (κ3) is 4.50. The van der Waals surface area contributed by atoms with E-state index in [0.29, 0.717) is 5.56 Å². The number of benzene rings is 2. The first-order valence-corrected chi connectivity index (χ1v) is 11.8. The van der Waals surface area contributed by atoms with Gasteiger partial charge in [0.25, 0.3) is 5.91 Å². The summed E-state index contributed by atoms with van der Waals surface area (Å²) in [4.78, 5) is 27.2. The Balaban J connectivity index is 1.41. The summed E-state index contributed by atoms with van der Waals surface area (Å²) < 4.78 is 0. The van der Waals surface area contributed by atoms with E-state index in [-0.39, 0.29) is 5.91 Å². The fourth-order valence-corrected chi connectivity index (χ4v) is 4.63. The monoisotopic (exact) mass is 451 g/mol. The Morgan fingerprint density at radius 3 is 2.47 bits per heavy atom. The minimum absolute atomic E-state index is 0.141. The average molecular weight is 452 g/mol. The van der Waals surface area contributed by atoms with Crippen LogP contribution in [0, 0.1) is 6.92 Å². The molecule has 0 radical (unpaired) electrons. The zero-order valence-corrected chi connectivity index (χ0v) is 19.7. The lowest BCUT2D eigenvalue weighted by Crippen LogP contribution is -2.46. The number of hydrogen-bond donors (Lipinski definition) is 1. The van der Waals surface area contributed by atoms with Gasteiger partial charge in [-0.3, -0.25) is 9.78 Å². The van der Waals surface area contributed by atoms with Gasteiger partial charge in [0.1, 0.15) is 0 Å². The molecular weight excluding hydrogens is 422 g/mol. The predicted octanol–water partition coefficient (Wildman–Crippen LogP) is 5.00. The van der Waals surface area contributed by atoms with Crippen LogP contribution in [0.4, 0.5) is 11.4 Å². The van der Waals surface area contributed by atoms with E-state index in [1.165, 1.54) is 11.3 Å². The Morgan fingerprint density at radius 1 is 0.971 bits per heavy atom. The fourth-order valence-electron chi connectivity index (χ4n) is 4.63. The van der Waals surface area contributed by atoms with E-state index < -0.39 is 0 Å². The van der Waals surface area contributed by atoms with Crippen molar-refractivity contribution in [1.29, 1.82) is 0 Å². The molecule has 2 aromatic heterocycles. The zero-order valence-electron chi connectivity index (χ0n) is 19.7. The van der Waals surface area contributed by atoms with E-state index >= 15 is 0 Å². The standard InChI is InChI=1S/C28H29N5O/c1-3-32-14-16-33(17-15-32)27-9-8-22(18-20(27)2)30-28(34)24-19-26(21-10-12-29-13-11-21)31-25-7-5-4-6-23(24)25/h4-13,18-19H,3,14-17H2,1-2H3,(H,30,34). The first kappa shape index (κ1) is 22.0. The lowest BCUT2D eigenvalue weighted by Gasteiger charge is -2.36. The summed E-state index contributed by atoms with van der Waals surface area (Å²) in [5, 5.41) is 3.94. The number of para-hydroxylation sites is 1. The van der Waals surface area contributed by atoms with Gasteiger partial charge in [0, 0.05) is 60.9 Å². The van der Waals surface area contributed by atoms with Crippen LogP contribution in [0.15, 0.2) is 73.1 Å². The van der Waals surface area contributed by atoms with Crippen LogP contribution >= 0.6 is 0 Å². The molecule has 2 aromatic carbocycles. The van der Waals surface area contributed by atoms with Crippen molar-refractivity contribution < 1.29 is 4.79 Å². The minimum Gasteiger partial charge on any atom is -0.369 e. The van der Waals surface area contributed by atoms with Gasteiger partial charge in [-0.2, -0.15) is 0 Å². The number of likely N-dealkylation sites (N-methyl/N-ethyl adjacent to an activating group) is 1. The Morgan fingerprint density at radius 2 is 1.74 bits per heavy atom. The van der Waals surface area contributed by atoms with Gasteiger partial charge in [-0.15, -0.1) is 0 Å². The normalized spacial score (nSPS) is 14.4. The van der Waals surface area contributed by atoms with Crippen LogP contribution in [0.3, 0.4) is 0 Å². The maximum Gasteiger partial charge on any atom is 0.256 e. The van der Waals surface area contributed by atoms with Crippen molar-refractivity contribution in [2.24, 2.45) is 0 Å². The Labute approximate surface area is 200 Å². The maximum atomic E-state index is 13.4. The number of carbonyl (C=O) groups excluding carboxylic acids is 1. The van der Waals surface area contributed by atoms with Gasteiger partial charge in [-0.1, -0.05) is 25.1 Å². The van der Waals surface area contributed by atoms with Crippen LogP contribution in [0.2, 0.25) is 0 Å². The van der Waals surface area contributed by atoms with Crippen LogP contribution in [-0.2, 0) is 0 Å². The molecule has 1 aliphatic rings. The Bertz CT molecular complexity index is 1310. The van der Waals surface area contributed by atoms with E-state index in [2.05, 4.69) is 46.1 Å². The van der Waals surface area contributed by atoms with Crippen LogP contribution in [0.1, 0.15) is 22.8 Å². The number of rotatable bonds is 5. The highest BCUT2D eigenvalue weighted by Gasteiger charge is 2.18. The number of carbonyl (C=O) groups is 1. The predicted molar refractivity (Wildman–Crippen MR) is 138 cm³/mol. The van der Waals surface area contributed by atoms with E-state index in [0.717, 1.165) is 60.6 Å². The molecule has 5 rings (SSSR count). The molecule has 1 fully saturated rings. The molecule has 172 valence electrons. The molecule has 3 heterocycles. The highest BCUT2D eigenvalue weighted by atomic mass is 16.1. The zero-order chi connectivity index (χ0) is 23.5. The van der Waals surface area contributed by atoms with Gasteiger partial charge in [-0.05, 0) is 61.5 Å². The summed E-state index contributed by atoms with van der Waals surface area (Å²) >= 11 is 0. The molecule has 1 N–H and O–H groups in total. The Kier molecular flexibility index (Phi) is 6.23. The lowest BCUT2D eigenvalue weighted by molar-refractivity contribution is 0.102. The number of piperazine rings is 1. The second kappa shape index (κ2) is 9.61. The summed E-state index contributed by atoms with van der Waals surface area (Å²) in [6.45, 7) is 9.66. The number of fused-ring (bicyclic) bond motifs is 1. The van der Waals surface area contributed by atoms with E-state index in [4.69, 9.17) is 4.98 Å². The average Bonchev–Trinajstić information content (AvgIpc) is 2.89. The number of aromatic nitrogens is 2. The summed E-state index contributed by atoms with van der Waals surface area (Å²) in [5.41, 5.74) is 6.28. The summed E-state index contributed by atoms with van der Waals surface area (Å²) in [6.07, 6.45) is 3.47. The van der Waals surface area contributed by atoms with Gasteiger partial charge < -0.3 is 15.1 Å². The van der Waals surface area contributed by atoms with E-state index in [9.17, 15) is 4.79 Å². The molecule has 0 unspecified atom stereocenters. The van der Waals surface area contributed by atoms with Crippen molar-refractivity contribution in [3.63, 3.8) is 0 Å². The first-order chi connectivity index (χ1) is 16.6. The molecule has 0 bridgehead atoms. The van der Waals surface area contributed by atoms with Gasteiger partial charge in [0.05, 0.1) is 16.8 Å². The summed E-state index contributed by atoms with van der Waals surface area (Å²) in [5.74, 6) is -0.141. The highest BCUT2D eigenvalue weighted by molar-refractivity contribution is 6.13. The largest absolute Gasteiger partial charge is 0.369 e. The molecule has 0 spiro atoms. The van der Waals surface area contributed by atoms with Gasteiger partial charge in [0.15, 0.2) is 0 Å². The smallest absolute Gasteiger partial charge is 0.256 e. The molecule has 4 aromatic rings. The van der Waals surface area contributed by atoms with Crippen molar-refractivity contribution >= 4 is 28.2 Å². The van der Waals surface area contributed by atoms with Crippen molar-refractivity contribution in [3.8, 4) is 11.3 Å². The van der Waals surface area contributed by atoms with Gasteiger partial charge >= 0.3 is 0 Å². The SMILES string of the molecule is CCN1CCN(c2ccc(NC(=O)c3cc(-c4ccncc4)nc4ccccc34)cc2C)CC1. The van der Waals surface area contributed by atoms with Crippen molar-refractivity contribution in [2.45, 2.75) is 13.8 Å². The molecule has 0 saturated carbocycles. The van der Waals surface area contributed by atoms with Crippen molar-refractivity contribution in [2.75, 3.05) is 42.9 Å². The number of nitrogens with one attached hydrogen (secondary N) is 1. The number of hydrogen-bond acceptors (Lipinski definition) is 5. The van der Waals surface area contributed by atoms with Crippen LogP contribution in [0.5, 0.6) is 0 Å². The van der Waals surface area contributed by atoms with Gasteiger partial charge in [-0.25, -0.2) is 4.98 Å². The molecular formula is C28H29N5O. The molecule has 6 heteroatoms. The van der Waals surface area contributed by atoms with Crippen molar-refractivity contribution in [3.05, 3.63) is 84.2 Å². The number of nitrogens with zero attached hydrogens (tertiary/aromatic N) is 4. The maximum absolute atomic E-state index is 13.4. The van der Waals surface area contributed by atoms with Crippen LogP contribution < -0.4 is 10.2 Å². The third-order valence-electron chi connectivity index (χ3n) is 6.55. The lowest BCUT2D eigenvalue weighted by atomic mass is 10.0. The second-order valence-electron chi connectivity index (χ2n) is 8.68. The highest BCUT2D eigenvalue weighted by Crippen LogP contribution is 2.28. The molecule has 0 aliphatic carbocycles. The number of anilines is 2. The van der Waals surface area contributed by atoms with Crippen LogP contribution in [0.25, 0.3) is 22.2 Å². The molecule has 1 aliphatic heterocycles. The molecule has 6 nitrogen and oxygen atoms in total. The number of aryl methyl sites for hydroxylation is 1. The quantitative estimate of drug-likeness (QED) is 0.463. The summed E-state index contributed by atoms with van der Waals surface area (Å²) in [6, 6.07) is 19.6.